The molecule has 1 aliphatic carbocycles. The zero-order valence-electron chi connectivity index (χ0n) is 6.30. The van der Waals surface area contributed by atoms with Gasteiger partial charge >= 0.3 is 0 Å². The maximum Gasteiger partial charge on any atom is 0.0535 e. The topological polar surface area (TPSA) is 38.0 Å². The van der Waals surface area contributed by atoms with Gasteiger partial charge in [-0.3, -0.25) is 11.3 Å². The van der Waals surface area contributed by atoms with Crippen LogP contribution in [0.2, 0.25) is 0 Å². The van der Waals surface area contributed by atoms with Crippen LogP contribution >= 0.6 is 0 Å². The van der Waals surface area contributed by atoms with Crippen molar-refractivity contribution in [3.8, 4) is 0 Å². The Morgan fingerprint density at radius 2 is 2.40 bits per heavy atom. The monoisotopic (exact) mass is 138 g/mol. The Hall–Kier alpha value is -0.600. The molecule has 1 atom stereocenters. The number of nitrogens with one attached hydrogen (secondary N) is 1. The summed E-state index contributed by atoms with van der Waals surface area (Å²) in [5, 5.41) is 0. The highest BCUT2D eigenvalue weighted by molar-refractivity contribution is 5.20. The normalized spacial score (nSPS) is 31.0. The second-order valence-electron chi connectivity index (χ2n) is 2.65. The minimum Gasteiger partial charge on any atom is -0.271 e. The molecule has 0 amide bonds. The average Bonchev–Trinajstić information content (AvgIpc) is 2.06. The number of nitrogens with two attached hydrogens (primary N) is 1. The molecule has 0 aliphatic heterocycles. The van der Waals surface area contributed by atoms with E-state index in [2.05, 4.69) is 24.5 Å². The Morgan fingerprint density at radius 1 is 1.60 bits per heavy atom. The van der Waals surface area contributed by atoms with Gasteiger partial charge in [0.15, 0.2) is 0 Å². The molecule has 3 N–H and O–H groups in total. The van der Waals surface area contributed by atoms with Crippen LogP contribution in [0.3, 0.4) is 0 Å². The summed E-state index contributed by atoms with van der Waals surface area (Å²) in [6.07, 6.45) is 10.4. The second kappa shape index (κ2) is 2.99. The fourth-order valence-corrected chi connectivity index (χ4v) is 1.14. The summed E-state index contributed by atoms with van der Waals surface area (Å²) in [4.78, 5) is 0. The molecule has 0 saturated heterocycles. The maximum atomic E-state index is 5.41. The van der Waals surface area contributed by atoms with E-state index in [0.717, 1.165) is 12.8 Å². The Kier molecular flexibility index (Phi) is 2.25. The number of hydrogen-bond donors (Lipinski definition) is 2. The van der Waals surface area contributed by atoms with Gasteiger partial charge in [0.2, 0.25) is 0 Å². The second-order valence-corrected chi connectivity index (χ2v) is 2.65. The van der Waals surface area contributed by atoms with Crippen molar-refractivity contribution >= 4 is 0 Å². The summed E-state index contributed by atoms with van der Waals surface area (Å²) >= 11 is 0. The van der Waals surface area contributed by atoms with Gasteiger partial charge < -0.3 is 0 Å². The van der Waals surface area contributed by atoms with Crippen molar-refractivity contribution in [2.24, 2.45) is 5.84 Å². The van der Waals surface area contributed by atoms with Crippen LogP contribution in [0.25, 0.3) is 0 Å². The number of allylic oxidation sites excluding steroid dienone is 2. The molecule has 0 bridgehead atoms. The number of rotatable bonds is 2. The first kappa shape index (κ1) is 7.51. The smallest absolute Gasteiger partial charge is 0.0535 e. The van der Waals surface area contributed by atoms with E-state index < -0.39 is 0 Å². The van der Waals surface area contributed by atoms with Crippen LogP contribution in [0.5, 0.6) is 0 Å². The van der Waals surface area contributed by atoms with Crippen molar-refractivity contribution in [2.45, 2.75) is 25.3 Å². The summed E-state index contributed by atoms with van der Waals surface area (Å²) in [5.74, 6) is 5.41. The molecule has 0 heterocycles. The summed E-state index contributed by atoms with van der Waals surface area (Å²) in [6, 6.07) is 0. The van der Waals surface area contributed by atoms with Gasteiger partial charge in [0.25, 0.3) is 0 Å². The van der Waals surface area contributed by atoms with Crippen molar-refractivity contribution in [2.75, 3.05) is 0 Å². The zero-order chi connectivity index (χ0) is 7.45. The Bertz CT molecular complexity index is 155. The first-order valence-electron chi connectivity index (χ1n) is 3.65. The Morgan fingerprint density at radius 3 is 2.70 bits per heavy atom. The third-order valence-corrected chi connectivity index (χ3v) is 2.06. The molecule has 1 aliphatic rings. The molecule has 0 spiro atoms. The molecule has 0 fully saturated rings. The van der Waals surface area contributed by atoms with Gasteiger partial charge in [0.05, 0.1) is 5.54 Å². The summed E-state index contributed by atoms with van der Waals surface area (Å²) in [5.41, 5.74) is 2.85. The van der Waals surface area contributed by atoms with Gasteiger partial charge in [0, 0.05) is 0 Å². The molecular weight excluding hydrogens is 124 g/mol. The highest BCUT2D eigenvalue weighted by Gasteiger charge is 2.21. The standard InChI is InChI=1S/C8H14N2/c1-2-8(10-9)6-4-3-5-7-8/h3-6,10H,2,7,9H2,1H3. The maximum absolute atomic E-state index is 5.41. The quantitative estimate of drug-likeness (QED) is 0.443. The van der Waals surface area contributed by atoms with Crippen LogP contribution in [0, 0.1) is 0 Å². The predicted octanol–water partition coefficient (Wildman–Crippen LogP) is 1.11. The van der Waals surface area contributed by atoms with Gasteiger partial charge in [0.1, 0.15) is 0 Å². The van der Waals surface area contributed by atoms with E-state index in [9.17, 15) is 0 Å². The van der Waals surface area contributed by atoms with Gasteiger partial charge in [-0.15, -0.1) is 0 Å². The van der Waals surface area contributed by atoms with E-state index in [1.807, 2.05) is 12.2 Å². The molecule has 0 aromatic rings. The lowest BCUT2D eigenvalue weighted by Gasteiger charge is -2.28. The molecule has 56 valence electrons. The molecule has 1 rings (SSSR count). The summed E-state index contributed by atoms with van der Waals surface area (Å²) < 4.78 is 0. The van der Waals surface area contributed by atoms with Crippen LogP contribution in [0.15, 0.2) is 24.3 Å². The van der Waals surface area contributed by atoms with Crippen molar-refractivity contribution < 1.29 is 0 Å². The van der Waals surface area contributed by atoms with Gasteiger partial charge in [-0.25, -0.2) is 0 Å². The largest absolute Gasteiger partial charge is 0.271 e. The predicted molar refractivity (Wildman–Crippen MR) is 43.2 cm³/mol. The molecule has 0 radical (unpaired) electrons. The lowest BCUT2D eigenvalue weighted by molar-refractivity contribution is 0.398. The first-order valence-corrected chi connectivity index (χ1v) is 3.65. The molecule has 10 heavy (non-hydrogen) atoms. The molecule has 2 heteroatoms. The van der Waals surface area contributed by atoms with Crippen molar-refractivity contribution in [1.82, 2.24) is 5.43 Å². The lowest BCUT2D eigenvalue weighted by Crippen LogP contribution is -2.47. The van der Waals surface area contributed by atoms with Crippen LogP contribution in [0.1, 0.15) is 19.8 Å². The Labute approximate surface area is 61.8 Å². The highest BCUT2D eigenvalue weighted by Crippen LogP contribution is 2.19. The highest BCUT2D eigenvalue weighted by atomic mass is 15.3. The molecule has 1 unspecified atom stereocenters. The average molecular weight is 138 g/mol. The lowest BCUT2D eigenvalue weighted by atomic mass is 9.89. The van der Waals surface area contributed by atoms with Gasteiger partial charge in [-0.05, 0) is 12.8 Å². The fourth-order valence-electron chi connectivity index (χ4n) is 1.14. The van der Waals surface area contributed by atoms with Crippen LogP contribution in [-0.2, 0) is 0 Å². The molecule has 2 nitrogen and oxygen atoms in total. The molecule has 0 aromatic carbocycles. The zero-order valence-corrected chi connectivity index (χ0v) is 6.30. The van der Waals surface area contributed by atoms with Crippen LogP contribution < -0.4 is 11.3 Å². The Balaban J connectivity index is 2.66. The van der Waals surface area contributed by atoms with Gasteiger partial charge in [-0.2, -0.15) is 0 Å². The van der Waals surface area contributed by atoms with E-state index in [0.29, 0.717) is 0 Å². The van der Waals surface area contributed by atoms with E-state index in [4.69, 9.17) is 5.84 Å². The first-order chi connectivity index (χ1) is 4.83. The number of hydrogen-bond acceptors (Lipinski definition) is 2. The van der Waals surface area contributed by atoms with E-state index in [1.165, 1.54) is 0 Å². The summed E-state index contributed by atoms with van der Waals surface area (Å²) in [6.45, 7) is 2.13. The number of hydrazine groups is 1. The van der Waals surface area contributed by atoms with Crippen LogP contribution in [0.4, 0.5) is 0 Å². The van der Waals surface area contributed by atoms with Crippen molar-refractivity contribution in [3.63, 3.8) is 0 Å². The van der Waals surface area contributed by atoms with Gasteiger partial charge in [-0.1, -0.05) is 31.2 Å². The molecule has 0 saturated carbocycles. The third kappa shape index (κ3) is 1.28. The van der Waals surface area contributed by atoms with Crippen molar-refractivity contribution in [3.05, 3.63) is 24.3 Å². The third-order valence-electron chi connectivity index (χ3n) is 2.06. The van der Waals surface area contributed by atoms with Crippen molar-refractivity contribution in [1.29, 1.82) is 0 Å². The van der Waals surface area contributed by atoms with E-state index in [-0.39, 0.29) is 5.54 Å². The SMILES string of the molecule is CCC1(NN)C=CC=CC1. The van der Waals surface area contributed by atoms with E-state index in [1.54, 1.807) is 0 Å². The molecular formula is C8H14N2. The molecule has 0 aromatic heterocycles. The fraction of sp³-hybridized carbons (Fsp3) is 0.500. The van der Waals surface area contributed by atoms with E-state index >= 15 is 0 Å². The minimum absolute atomic E-state index is 0.0226. The summed E-state index contributed by atoms with van der Waals surface area (Å²) in [7, 11) is 0. The minimum atomic E-state index is 0.0226. The van der Waals surface area contributed by atoms with Crippen LogP contribution in [-0.4, -0.2) is 5.54 Å².